The Morgan fingerprint density at radius 2 is 1.88 bits per heavy atom. The van der Waals surface area contributed by atoms with Crippen LogP contribution in [0.2, 0.25) is 0 Å². The number of benzene rings is 1. The smallest absolute Gasteiger partial charge is 0.410 e. The molecule has 1 aliphatic heterocycles. The van der Waals surface area contributed by atoms with Crippen molar-refractivity contribution in [1.29, 1.82) is 0 Å². The second-order valence-electron chi connectivity index (χ2n) is 9.46. The first kappa shape index (κ1) is 27.4. The molecule has 0 aliphatic carbocycles. The lowest BCUT2D eigenvalue weighted by atomic mass is 9.76. The van der Waals surface area contributed by atoms with E-state index in [9.17, 15) is 14.4 Å². The summed E-state index contributed by atoms with van der Waals surface area (Å²) in [6, 6.07) is 7.50. The van der Waals surface area contributed by atoms with Gasteiger partial charge in [0.1, 0.15) is 18.0 Å². The third-order valence-electron chi connectivity index (χ3n) is 5.76. The minimum absolute atomic E-state index is 0.00642. The fourth-order valence-electron chi connectivity index (χ4n) is 4.06. The van der Waals surface area contributed by atoms with Crippen molar-refractivity contribution in [2.75, 3.05) is 33.5 Å². The van der Waals surface area contributed by atoms with Crippen molar-refractivity contribution in [2.45, 2.75) is 64.5 Å². The summed E-state index contributed by atoms with van der Waals surface area (Å²) in [6.07, 6.45) is -0.229. The molecular formula is C25H37NO8. The number of carbonyl (C=O) groups is 3. The summed E-state index contributed by atoms with van der Waals surface area (Å²) < 4.78 is 21.8. The van der Waals surface area contributed by atoms with Crippen molar-refractivity contribution in [1.82, 2.24) is 4.90 Å². The van der Waals surface area contributed by atoms with Gasteiger partial charge < -0.3 is 29.0 Å². The van der Waals surface area contributed by atoms with Crippen LogP contribution >= 0.6 is 0 Å². The Morgan fingerprint density at radius 3 is 2.53 bits per heavy atom. The molecule has 0 radical (unpaired) electrons. The van der Waals surface area contributed by atoms with Gasteiger partial charge in [-0.3, -0.25) is 9.59 Å². The number of rotatable bonds is 10. The highest BCUT2D eigenvalue weighted by Crippen LogP contribution is 2.39. The lowest BCUT2D eigenvalue weighted by molar-refractivity contribution is -0.149. The Labute approximate surface area is 201 Å². The molecule has 0 bridgehead atoms. The van der Waals surface area contributed by atoms with E-state index in [1.54, 1.807) is 12.0 Å². The van der Waals surface area contributed by atoms with Crippen LogP contribution in [0.15, 0.2) is 24.3 Å². The normalized spacial score (nSPS) is 20.5. The van der Waals surface area contributed by atoms with Gasteiger partial charge in [0.2, 0.25) is 0 Å². The summed E-state index contributed by atoms with van der Waals surface area (Å²) in [5.74, 6) is -1.10. The van der Waals surface area contributed by atoms with Gasteiger partial charge in [-0.05, 0) is 57.7 Å². The zero-order chi connectivity index (χ0) is 25.3. The van der Waals surface area contributed by atoms with Gasteiger partial charge in [-0.25, -0.2) is 4.79 Å². The first-order valence-corrected chi connectivity index (χ1v) is 11.6. The summed E-state index contributed by atoms with van der Waals surface area (Å²) in [6.45, 7) is 8.85. The Bertz CT molecular complexity index is 834. The van der Waals surface area contributed by atoms with Gasteiger partial charge in [0, 0.05) is 25.6 Å². The molecule has 1 heterocycles. The van der Waals surface area contributed by atoms with Crippen molar-refractivity contribution in [3.63, 3.8) is 0 Å². The van der Waals surface area contributed by atoms with Crippen molar-refractivity contribution in [3.05, 3.63) is 29.8 Å². The van der Waals surface area contributed by atoms with Crippen molar-refractivity contribution < 1.29 is 38.4 Å². The quantitative estimate of drug-likeness (QED) is 0.398. The summed E-state index contributed by atoms with van der Waals surface area (Å²) in [7, 11) is 1.61. The number of esters is 1. The summed E-state index contributed by atoms with van der Waals surface area (Å²) in [5.41, 5.74) is 0.400. The molecule has 1 saturated heterocycles. The van der Waals surface area contributed by atoms with Crippen LogP contribution < -0.4 is 4.74 Å². The van der Waals surface area contributed by atoms with E-state index in [0.717, 1.165) is 5.56 Å². The van der Waals surface area contributed by atoms with E-state index in [1.807, 2.05) is 52.0 Å². The molecule has 0 unspecified atom stereocenters. The molecule has 1 fully saturated rings. The summed E-state index contributed by atoms with van der Waals surface area (Å²) in [5, 5.41) is 8.82. The van der Waals surface area contributed by atoms with Gasteiger partial charge >= 0.3 is 18.0 Å². The van der Waals surface area contributed by atoms with Gasteiger partial charge in [0.25, 0.3) is 0 Å². The highest BCUT2D eigenvalue weighted by Gasteiger charge is 2.40. The maximum atomic E-state index is 12.8. The topological polar surface area (TPSA) is 112 Å². The molecule has 0 aromatic heterocycles. The molecule has 0 spiro atoms. The van der Waals surface area contributed by atoms with Crippen molar-refractivity contribution >= 4 is 18.0 Å². The Morgan fingerprint density at radius 1 is 1.15 bits per heavy atom. The van der Waals surface area contributed by atoms with E-state index in [-0.39, 0.29) is 37.3 Å². The largest absolute Gasteiger partial charge is 0.491 e. The average Bonchev–Trinajstić information content (AvgIpc) is 2.75. The number of ether oxygens (including phenoxy) is 4. The highest BCUT2D eigenvalue weighted by atomic mass is 16.6. The zero-order valence-corrected chi connectivity index (χ0v) is 20.7. The number of nitrogens with zero attached hydrogens (tertiary/aromatic N) is 1. The number of carboxylic acids is 1. The predicted octanol–water partition coefficient (Wildman–Crippen LogP) is 3.85. The third-order valence-corrected chi connectivity index (χ3v) is 5.76. The number of piperidine rings is 1. The predicted molar refractivity (Wildman–Crippen MR) is 125 cm³/mol. The van der Waals surface area contributed by atoms with Crippen molar-refractivity contribution in [2.24, 2.45) is 5.92 Å². The monoisotopic (exact) mass is 479 g/mol. The van der Waals surface area contributed by atoms with Gasteiger partial charge in [0.15, 0.2) is 0 Å². The van der Waals surface area contributed by atoms with Crippen LogP contribution in [0.3, 0.4) is 0 Å². The van der Waals surface area contributed by atoms with Gasteiger partial charge in [0.05, 0.1) is 26.1 Å². The number of amides is 1. The molecule has 1 amide bonds. The van der Waals surface area contributed by atoms with Crippen LogP contribution in [-0.4, -0.2) is 73.2 Å². The molecule has 9 nitrogen and oxygen atoms in total. The fraction of sp³-hybridized carbons (Fsp3) is 0.640. The molecule has 1 aromatic rings. The number of aliphatic carboxylic acids is 1. The lowest BCUT2D eigenvalue weighted by Gasteiger charge is -2.44. The van der Waals surface area contributed by atoms with E-state index in [1.165, 1.54) is 0 Å². The minimum Gasteiger partial charge on any atom is -0.491 e. The van der Waals surface area contributed by atoms with Crippen LogP contribution in [0.4, 0.5) is 4.79 Å². The molecular weight excluding hydrogens is 442 g/mol. The number of likely N-dealkylation sites (tertiary alicyclic amines) is 1. The average molecular weight is 480 g/mol. The molecule has 2 rings (SSSR count). The number of carboxylic acid groups (broad SMARTS) is 1. The standard InChI is InChI=1S/C25H37NO8/c1-17-21(16-33-23(29)10-9-22(27)28)20(11-12-26(17)24(30)34-25(2,3)4)18-7-6-8-19(15-18)32-14-13-31-5/h6-8,15,17,20-21H,9-14,16H2,1-5H3,(H,27,28)/t17-,20+,21-/m0/s1. The number of hydrogen-bond acceptors (Lipinski definition) is 7. The molecule has 3 atom stereocenters. The van der Waals surface area contributed by atoms with E-state index in [2.05, 4.69) is 0 Å². The van der Waals surface area contributed by atoms with E-state index in [4.69, 9.17) is 24.1 Å². The first-order chi connectivity index (χ1) is 16.0. The van der Waals surface area contributed by atoms with Crippen LogP contribution in [0.1, 0.15) is 58.4 Å². The maximum absolute atomic E-state index is 12.8. The van der Waals surface area contributed by atoms with E-state index in [0.29, 0.717) is 31.9 Å². The molecule has 1 aromatic carbocycles. The SMILES string of the molecule is COCCOc1cccc([C@H]2CCN(C(=O)OC(C)(C)C)[C@@H](C)[C@@H]2COC(=O)CCC(=O)O)c1. The van der Waals surface area contributed by atoms with E-state index < -0.39 is 23.6 Å². The Hall–Kier alpha value is -2.81. The second kappa shape index (κ2) is 12.6. The van der Waals surface area contributed by atoms with Crippen LogP contribution in [0.25, 0.3) is 0 Å². The molecule has 1 N–H and O–H groups in total. The number of methoxy groups -OCH3 is 1. The maximum Gasteiger partial charge on any atom is 0.410 e. The van der Waals surface area contributed by atoms with Gasteiger partial charge in [-0.15, -0.1) is 0 Å². The molecule has 190 valence electrons. The fourth-order valence-corrected chi connectivity index (χ4v) is 4.06. The zero-order valence-electron chi connectivity index (χ0n) is 20.7. The molecule has 9 heteroatoms. The van der Waals surface area contributed by atoms with Gasteiger partial charge in [-0.1, -0.05) is 12.1 Å². The van der Waals surface area contributed by atoms with Crippen LogP contribution in [0, 0.1) is 5.92 Å². The summed E-state index contributed by atoms with van der Waals surface area (Å²) in [4.78, 5) is 37.4. The van der Waals surface area contributed by atoms with Crippen LogP contribution in [-0.2, 0) is 23.8 Å². The highest BCUT2D eigenvalue weighted by molar-refractivity contribution is 5.76. The van der Waals surface area contributed by atoms with Crippen molar-refractivity contribution in [3.8, 4) is 5.75 Å². The lowest BCUT2D eigenvalue weighted by Crippen LogP contribution is -2.52. The summed E-state index contributed by atoms with van der Waals surface area (Å²) >= 11 is 0. The minimum atomic E-state index is -1.05. The van der Waals surface area contributed by atoms with Gasteiger partial charge in [-0.2, -0.15) is 0 Å². The number of hydrogen-bond donors (Lipinski definition) is 1. The third kappa shape index (κ3) is 8.52. The first-order valence-electron chi connectivity index (χ1n) is 11.6. The van der Waals surface area contributed by atoms with E-state index >= 15 is 0 Å². The Balaban J connectivity index is 2.21. The second-order valence-corrected chi connectivity index (χ2v) is 9.46. The Kier molecular flexibility index (Phi) is 10.2. The number of carbonyl (C=O) groups excluding carboxylic acids is 2. The molecule has 34 heavy (non-hydrogen) atoms. The van der Waals surface area contributed by atoms with Crippen LogP contribution in [0.5, 0.6) is 5.75 Å². The molecule has 1 aliphatic rings. The molecule has 0 saturated carbocycles.